The summed E-state index contributed by atoms with van der Waals surface area (Å²) in [5, 5.41) is 0. The molecule has 0 aromatic carbocycles. The zero-order chi connectivity index (χ0) is 11.3. The Bertz CT molecular complexity index is 372. The Balaban J connectivity index is 2.46. The molecule has 5 nitrogen and oxygen atoms in total. The Morgan fingerprint density at radius 3 is 2.87 bits per heavy atom. The standard InChI is InChI=1S/C9H16N2O3S/c1-8(7-9-3-2-5-14-9)11-15(12,13)6-4-10/h2-3,5,8,11H,4,6-7,10H2,1H3. The number of rotatable bonds is 6. The first kappa shape index (κ1) is 12.2. The number of nitrogens with two attached hydrogens (primary N) is 1. The van der Waals surface area contributed by atoms with E-state index in [1.807, 2.05) is 6.07 Å². The summed E-state index contributed by atoms with van der Waals surface area (Å²) in [4.78, 5) is 0. The van der Waals surface area contributed by atoms with E-state index in [-0.39, 0.29) is 18.3 Å². The van der Waals surface area contributed by atoms with Crippen molar-refractivity contribution < 1.29 is 12.8 Å². The lowest BCUT2D eigenvalue weighted by molar-refractivity contribution is 0.479. The average Bonchev–Trinajstić information content (AvgIpc) is 2.54. The molecule has 1 aromatic rings. The molecule has 0 saturated carbocycles. The van der Waals surface area contributed by atoms with Crippen molar-refractivity contribution in [3.63, 3.8) is 0 Å². The van der Waals surface area contributed by atoms with Gasteiger partial charge in [0.2, 0.25) is 10.0 Å². The largest absolute Gasteiger partial charge is 0.469 e. The van der Waals surface area contributed by atoms with E-state index in [0.717, 1.165) is 5.76 Å². The molecule has 0 radical (unpaired) electrons. The minimum Gasteiger partial charge on any atom is -0.469 e. The SMILES string of the molecule is CC(Cc1ccco1)NS(=O)(=O)CCN. The molecule has 15 heavy (non-hydrogen) atoms. The highest BCUT2D eigenvalue weighted by atomic mass is 32.2. The normalized spacial score (nSPS) is 14.0. The molecule has 0 aliphatic heterocycles. The van der Waals surface area contributed by atoms with Crippen molar-refractivity contribution >= 4 is 10.0 Å². The van der Waals surface area contributed by atoms with Gasteiger partial charge in [-0.25, -0.2) is 13.1 Å². The summed E-state index contributed by atoms with van der Waals surface area (Å²) in [6, 6.07) is 3.40. The molecule has 0 amide bonds. The summed E-state index contributed by atoms with van der Waals surface area (Å²) in [5.74, 6) is 0.716. The monoisotopic (exact) mass is 232 g/mol. The maximum Gasteiger partial charge on any atom is 0.213 e. The third-order valence-electron chi connectivity index (χ3n) is 1.85. The topological polar surface area (TPSA) is 85.3 Å². The molecule has 0 fully saturated rings. The van der Waals surface area contributed by atoms with Gasteiger partial charge >= 0.3 is 0 Å². The van der Waals surface area contributed by atoms with Crippen LogP contribution in [-0.2, 0) is 16.4 Å². The van der Waals surface area contributed by atoms with Crippen molar-refractivity contribution in [3.8, 4) is 0 Å². The average molecular weight is 232 g/mol. The summed E-state index contributed by atoms with van der Waals surface area (Å²) in [6.45, 7) is 1.92. The fraction of sp³-hybridized carbons (Fsp3) is 0.556. The molecule has 3 N–H and O–H groups in total. The Labute approximate surface area is 89.7 Å². The van der Waals surface area contributed by atoms with Gasteiger partial charge in [-0.1, -0.05) is 0 Å². The highest BCUT2D eigenvalue weighted by Gasteiger charge is 2.14. The van der Waals surface area contributed by atoms with E-state index in [9.17, 15) is 8.42 Å². The van der Waals surface area contributed by atoms with Gasteiger partial charge in [-0.2, -0.15) is 0 Å². The second-order valence-corrected chi connectivity index (χ2v) is 5.28. The summed E-state index contributed by atoms with van der Waals surface area (Å²) >= 11 is 0. The molecule has 1 aromatic heterocycles. The van der Waals surface area contributed by atoms with E-state index in [4.69, 9.17) is 10.2 Å². The molecular weight excluding hydrogens is 216 g/mol. The maximum absolute atomic E-state index is 11.3. The Hall–Kier alpha value is -0.850. The second-order valence-electron chi connectivity index (χ2n) is 3.41. The van der Waals surface area contributed by atoms with Crippen LogP contribution >= 0.6 is 0 Å². The van der Waals surface area contributed by atoms with Crippen molar-refractivity contribution in [2.24, 2.45) is 5.73 Å². The van der Waals surface area contributed by atoms with Crippen LogP contribution in [0.5, 0.6) is 0 Å². The van der Waals surface area contributed by atoms with E-state index in [0.29, 0.717) is 6.42 Å². The predicted molar refractivity (Wildman–Crippen MR) is 57.9 cm³/mol. The van der Waals surface area contributed by atoms with Crippen molar-refractivity contribution in [1.82, 2.24) is 4.72 Å². The lowest BCUT2D eigenvalue weighted by atomic mass is 10.2. The van der Waals surface area contributed by atoms with Gasteiger partial charge in [-0.05, 0) is 19.1 Å². The third-order valence-corrected chi connectivity index (χ3v) is 3.39. The van der Waals surface area contributed by atoms with Crippen molar-refractivity contribution in [3.05, 3.63) is 24.2 Å². The fourth-order valence-electron chi connectivity index (χ4n) is 1.29. The minimum atomic E-state index is -3.25. The Kier molecular flexibility index (Phi) is 4.31. The Morgan fingerprint density at radius 1 is 1.60 bits per heavy atom. The quantitative estimate of drug-likeness (QED) is 0.728. The minimum absolute atomic E-state index is 0.0461. The zero-order valence-corrected chi connectivity index (χ0v) is 9.46. The van der Waals surface area contributed by atoms with Gasteiger partial charge < -0.3 is 10.2 Å². The van der Waals surface area contributed by atoms with Gasteiger partial charge in [0, 0.05) is 19.0 Å². The predicted octanol–water partition coefficient (Wildman–Crippen LogP) is 0.0887. The van der Waals surface area contributed by atoms with Crippen LogP contribution < -0.4 is 10.5 Å². The number of furan rings is 1. The van der Waals surface area contributed by atoms with E-state index in [1.54, 1.807) is 19.3 Å². The molecule has 0 aliphatic rings. The van der Waals surface area contributed by atoms with Gasteiger partial charge in [0.15, 0.2) is 0 Å². The fourth-order valence-corrected chi connectivity index (χ4v) is 2.42. The van der Waals surface area contributed by atoms with Crippen LogP contribution in [0.2, 0.25) is 0 Å². The summed E-state index contributed by atoms with van der Waals surface area (Å²) in [7, 11) is -3.25. The number of hydrogen-bond donors (Lipinski definition) is 2. The lowest BCUT2D eigenvalue weighted by Gasteiger charge is -2.12. The van der Waals surface area contributed by atoms with Gasteiger partial charge in [-0.15, -0.1) is 0 Å². The first-order valence-corrected chi connectivity index (χ1v) is 6.41. The maximum atomic E-state index is 11.3. The highest BCUT2D eigenvalue weighted by Crippen LogP contribution is 2.04. The van der Waals surface area contributed by atoms with Crippen LogP contribution in [0.15, 0.2) is 22.8 Å². The van der Waals surface area contributed by atoms with Crippen LogP contribution in [-0.4, -0.2) is 26.8 Å². The molecule has 6 heteroatoms. The smallest absolute Gasteiger partial charge is 0.213 e. The third kappa shape index (κ3) is 4.46. The lowest BCUT2D eigenvalue weighted by Crippen LogP contribution is -2.37. The molecule has 86 valence electrons. The van der Waals surface area contributed by atoms with Crippen LogP contribution in [0.1, 0.15) is 12.7 Å². The first-order chi connectivity index (χ1) is 7.03. The zero-order valence-electron chi connectivity index (χ0n) is 8.64. The first-order valence-electron chi connectivity index (χ1n) is 4.76. The van der Waals surface area contributed by atoms with Crippen molar-refractivity contribution in [2.75, 3.05) is 12.3 Å². The molecule has 0 spiro atoms. The number of hydrogen-bond acceptors (Lipinski definition) is 4. The van der Waals surface area contributed by atoms with Gasteiger partial charge in [0.05, 0.1) is 12.0 Å². The van der Waals surface area contributed by atoms with Crippen molar-refractivity contribution in [2.45, 2.75) is 19.4 Å². The van der Waals surface area contributed by atoms with Gasteiger partial charge in [0.25, 0.3) is 0 Å². The molecule has 1 unspecified atom stereocenters. The van der Waals surface area contributed by atoms with Gasteiger partial charge in [-0.3, -0.25) is 0 Å². The molecule has 0 bridgehead atoms. The molecule has 0 saturated heterocycles. The highest BCUT2D eigenvalue weighted by molar-refractivity contribution is 7.89. The molecule has 1 atom stereocenters. The summed E-state index contributed by atoms with van der Waals surface area (Å²) in [5.41, 5.74) is 5.19. The van der Waals surface area contributed by atoms with Crippen LogP contribution in [0.25, 0.3) is 0 Å². The van der Waals surface area contributed by atoms with Crippen molar-refractivity contribution in [1.29, 1.82) is 0 Å². The molecule has 1 rings (SSSR count). The number of nitrogens with one attached hydrogen (secondary N) is 1. The van der Waals surface area contributed by atoms with E-state index in [1.165, 1.54) is 0 Å². The second kappa shape index (κ2) is 5.29. The van der Waals surface area contributed by atoms with Crippen LogP contribution in [0.4, 0.5) is 0 Å². The molecule has 1 heterocycles. The van der Waals surface area contributed by atoms with Crippen LogP contribution in [0, 0.1) is 0 Å². The van der Waals surface area contributed by atoms with E-state index < -0.39 is 10.0 Å². The Morgan fingerprint density at radius 2 is 2.33 bits per heavy atom. The number of sulfonamides is 1. The van der Waals surface area contributed by atoms with Gasteiger partial charge in [0.1, 0.15) is 5.76 Å². The summed E-state index contributed by atoms with van der Waals surface area (Å²) in [6.07, 6.45) is 2.10. The summed E-state index contributed by atoms with van der Waals surface area (Å²) < 4.78 is 30.3. The molecule has 0 aliphatic carbocycles. The van der Waals surface area contributed by atoms with E-state index in [2.05, 4.69) is 4.72 Å². The molecular formula is C9H16N2O3S. The van der Waals surface area contributed by atoms with E-state index >= 15 is 0 Å². The van der Waals surface area contributed by atoms with Crippen LogP contribution in [0.3, 0.4) is 0 Å².